The molecular formula is C14H12O3. The summed E-state index contributed by atoms with van der Waals surface area (Å²) in [4.78, 5) is 22.7. The number of rotatable bonds is 3. The Hall–Kier alpha value is -2.16. The Labute approximate surface area is 99.0 Å². The normalized spacial score (nSPS) is 10.2. The highest BCUT2D eigenvalue weighted by atomic mass is 16.5. The van der Waals surface area contributed by atoms with Crippen molar-refractivity contribution in [2.45, 2.75) is 6.92 Å². The Balaban J connectivity index is 2.60. The summed E-state index contributed by atoms with van der Waals surface area (Å²) in [5.41, 5.74) is 0.683. The molecule has 0 fully saturated rings. The molecule has 0 saturated carbocycles. The molecule has 86 valence electrons. The Morgan fingerprint density at radius 2 is 1.88 bits per heavy atom. The third kappa shape index (κ3) is 2.18. The van der Waals surface area contributed by atoms with Crippen molar-refractivity contribution >= 4 is 23.0 Å². The van der Waals surface area contributed by atoms with Crippen LogP contribution in [0.4, 0.5) is 0 Å². The molecule has 0 radical (unpaired) electrons. The van der Waals surface area contributed by atoms with E-state index in [9.17, 15) is 9.59 Å². The van der Waals surface area contributed by atoms with E-state index in [1.54, 1.807) is 19.1 Å². The largest absolute Gasteiger partial charge is 0.462 e. The minimum atomic E-state index is -0.458. The van der Waals surface area contributed by atoms with Crippen LogP contribution < -0.4 is 0 Å². The molecule has 2 aromatic rings. The second kappa shape index (κ2) is 4.78. The van der Waals surface area contributed by atoms with Crippen LogP contribution in [0, 0.1) is 0 Å². The first-order valence-corrected chi connectivity index (χ1v) is 5.41. The number of esters is 1. The Morgan fingerprint density at radius 3 is 2.47 bits per heavy atom. The smallest absolute Gasteiger partial charge is 0.338 e. The van der Waals surface area contributed by atoms with Gasteiger partial charge in [-0.2, -0.15) is 0 Å². The van der Waals surface area contributed by atoms with Crippen molar-refractivity contribution < 1.29 is 14.3 Å². The number of ether oxygens (including phenoxy) is 1. The first-order chi connectivity index (χ1) is 8.26. The molecule has 0 aromatic heterocycles. The van der Waals surface area contributed by atoms with E-state index in [2.05, 4.69) is 0 Å². The molecule has 0 bridgehead atoms. The fraction of sp³-hybridized carbons (Fsp3) is 0.143. The molecular weight excluding hydrogens is 216 g/mol. The van der Waals surface area contributed by atoms with Gasteiger partial charge < -0.3 is 4.74 Å². The molecule has 0 amide bonds. The lowest BCUT2D eigenvalue weighted by atomic mass is 10.0. The van der Waals surface area contributed by atoms with E-state index in [4.69, 9.17) is 4.74 Å². The van der Waals surface area contributed by atoms with E-state index in [-0.39, 0.29) is 0 Å². The van der Waals surface area contributed by atoms with Gasteiger partial charge in [0.25, 0.3) is 0 Å². The molecule has 0 saturated heterocycles. The zero-order valence-corrected chi connectivity index (χ0v) is 9.47. The van der Waals surface area contributed by atoms with E-state index in [0.717, 1.165) is 10.8 Å². The minimum absolute atomic E-state index is 0.296. The summed E-state index contributed by atoms with van der Waals surface area (Å²) in [5.74, 6) is -0.458. The predicted octanol–water partition coefficient (Wildman–Crippen LogP) is 2.83. The molecule has 3 nitrogen and oxygen atoms in total. The molecule has 0 N–H and O–H groups in total. The number of hydrogen-bond donors (Lipinski definition) is 0. The van der Waals surface area contributed by atoms with Crippen LogP contribution in [0.15, 0.2) is 36.4 Å². The highest BCUT2D eigenvalue weighted by Gasteiger charge is 2.13. The van der Waals surface area contributed by atoms with Crippen LogP contribution in [0.3, 0.4) is 0 Å². The van der Waals surface area contributed by atoms with Crippen LogP contribution in [0.25, 0.3) is 10.8 Å². The average molecular weight is 228 g/mol. The SMILES string of the molecule is CCOC(=O)c1cc2ccccc2cc1C=O. The van der Waals surface area contributed by atoms with Gasteiger partial charge in [0.15, 0.2) is 6.29 Å². The van der Waals surface area contributed by atoms with Gasteiger partial charge in [-0.15, -0.1) is 0 Å². The quantitative estimate of drug-likeness (QED) is 0.599. The van der Waals surface area contributed by atoms with Gasteiger partial charge in [-0.3, -0.25) is 4.79 Å². The van der Waals surface area contributed by atoms with E-state index in [1.807, 2.05) is 24.3 Å². The van der Waals surface area contributed by atoms with Crippen LogP contribution in [-0.4, -0.2) is 18.9 Å². The van der Waals surface area contributed by atoms with Crippen LogP contribution in [-0.2, 0) is 4.74 Å². The molecule has 0 aliphatic rings. The van der Waals surface area contributed by atoms with Crippen LogP contribution in [0.1, 0.15) is 27.6 Å². The third-order valence-corrected chi connectivity index (χ3v) is 2.54. The van der Waals surface area contributed by atoms with E-state index in [1.165, 1.54) is 0 Å². The predicted molar refractivity (Wildman–Crippen MR) is 65.3 cm³/mol. The van der Waals surface area contributed by atoms with Gasteiger partial charge in [0.05, 0.1) is 12.2 Å². The van der Waals surface area contributed by atoms with Crippen molar-refractivity contribution in [3.63, 3.8) is 0 Å². The van der Waals surface area contributed by atoms with Crippen molar-refractivity contribution in [3.05, 3.63) is 47.5 Å². The van der Waals surface area contributed by atoms with Gasteiger partial charge in [-0.25, -0.2) is 4.79 Å². The number of fused-ring (bicyclic) bond motifs is 1. The van der Waals surface area contributed by atoms with Gasteiger partial charge in [-0.1, -0.05) is 24.3 Å². The standard InChI is InChI=1S/C14H12O3/c1-2-17-14(16)13-8-11-6-4-3-5-10(11)7-12(13)9-15/h3-9H,2H2,1H3. The van der Waals surface area contributed by atoms with E-state index in [0.29, 0.717) is 24.0 Å². The van der Waals surface area contributed by atoms with Gasteiger partial charge in [0, 0.05) is 5.56 Å². The lowest BCUT2D eigenvalue weighted by Gasteiger charge is -2.06. The minimum Gasteiger partial charge on any atom is -0.462 e. The number of benzene rings is 2. The maximum atomic E-state index is 11.7. The second-order valence-corrected chi connectivity index (χ2v) is 3.62. The Kier molecular flexibility index (Phi) is 3.19. The molecule has 0 aliphatic carbocycles. The zero-order chi connectivity index (χ0) is 12.3. The van der Waals surface area contributed by atoms with Crippen LogP contribution >= 0.6 is 0 Å². The monoisotopic (exact) mass is 228 g/mol. The van der Waals surface area contributed by atoms with Crippen molar-refractivity contribution in [2.24, 2.45) is 0 Å². The van der Waals surface area contributed by atoms with Crippen LogP contribution in [0.5, 0.6) is 0 Å². The molecule has 0 unspecified atom stereocenters. The molecule has 17 heavy (non-hydrogen) atoms. The van der Waals surface area contributed by atoms with Gasteiger partial charge in [-0.05, 0) is 29.8 Å². The fourth-order valence-electron chi connectivity index (χ4n) is 1.74. The van der Waals surface area contributed by atoms with E-state index >= 15 is 0 Å². The lowest BCUT2D eigenvalue weighted by molar-refractivity contribution is 0.0524. The van der Waals surface area contributed by atoms with Crippen molar-refractivity contribution in [1.82, 2.24) is 0 Å². The topological polar surface area (TPSA) is 43.4 Å². The highest BCUT2D eigenvalue weighted by molar-refractivity contribution is 6.03. The fourth-order valence-corrected chi connectivity index (χ4v) is 1.74. The van der Waals surface area contributed by atoms with Crippen molar-refractivity contribution in [1.29, 1.82) is 0 Å². The van der Waals surface area contributed by atoms with Gasteiger partial charge >= 0.3 is 5.97 Å². The van der Waals surface area contributed by atoms with Crippen LogP contribution in [0.2, 0.25) is 0 Å². The first-order valence-electron chi connectivity index (χ1n) is 5.41. The van der Waals surface area contributed by atoms with Gasteiger partial charge in [0.1, 0.15) is 0 Å². The second-order valence-electron chi connectivity index (χ2n) is 3.62. The number of aldehydes is 1. The average Bonchev–Trinajstić information content (AvgIpc) is 2.37. The lowest BCUT2D eigenvalue weighted by Crippen LogP contribution is -2.07. The number of hydrogen-bond acceptors (Lipinski definition) is 3. The van der Waals surface area contributed by atoms with Crippen molar-refractivity contribution in [3.8, 4) is 0 Å². The Bertz CT molecular complexity index is 573. The molecule has 0 aliphatic heterocycles. The zero-order valence-electron chi connectivity index (χ0n) is 9.47. The molecule has 2 rings (SSSR count). The summed E-state index contributed by atoms with van der Waals surface area (Å²) in [6.07, 6.45) is 0.679. The summed E-state index contributed by atoms with van der Waals surface area (Å²) in [5, 5.41) is 1.85. The summed E-state index contributed by atoms with van der Waals surface area (Å²) in [6.45, 7) is 2.03. The maximum Gasteiger partial charge on any atom is 0.338 e. The Morgan fingerprint density at radius 1 is 1.24 bits per heavy atom. The summed E-state index contributed by atoms with van der Waals surface area (Å²) >= 11 is 0. The maximum absolute atomic E-state index is 11.7. The van der Waals surface area contributed by atoms with E-state index < -0.39 is 5.97 Å². The molecule has 3 heteroatoms. The van der Waals surface area contributed by atoms with Crippen molar-refractivity contribution in [2.75, 3.05) is 6.61 Å². The highest BCUT2D eigenvalue weighted by Crippen LogP contribution is 2.19. The third-order valence-electron chi connectivity index (χ3n) is 2.54. The molecule has 2 aromatic carbocycles. The van der Waals surface area contributed by atoms with Gasteiger partial charge in [0.2, 0.25) is 0 Å². The molecule has 0 atom stereocenters. The summed E-state index contributed by atoms with van der Waals surface area (Å²) in [7, 11) is 0. The first kappa shape index (κ1) is 11.3. The summed E-state index contributed by atoms with van der Waals surface area (Å²) in [6, 6.07) is 11.0. The number of carbonyl (C=O) groups excluding carboxylic acids is 2. The number of carbonyl (C=O) groups is 2. The summed E-state index contributed by atoms with van der Waals surface area (Å²) < 4.78 is 4.92. The molecule has 0 spiro atoms. The molecule has 0 heterocycles.